The van der Waals surface area contributed by atoms with E-state index in [9.17, 15) is 0 Å². The first kappa shape index (κ1) is 14.6. The minimum atomic E-state index is 0.786. The third-order valence-electron chi connectivity index (χ3n) is 3.97. The molecule has 4 nitrogen and oxygen atoms in total. The van der Waals surface area contributed by atoms with E-state index in [0.717, 1.165) is 57.1 Å². The molecule has 1 saturated heterocycles. The number of ether oxygens (including phenoxy) is 1. The number of rotatable bonds is 6. The van der Waals surface area contributed by atoms with Crippen LogP contribution in [0.1, 0.15) is 39.0 Å². The van der Waals surface area contributed by atoms with Crippen molar-refractivity contribution in [1.29, 1.82) is 0 Å². The Morgan fingerprint density at radius 3 is 2.89 bits per heavy atom. The highest BCUT2D eigenvalue weighted by atomic mass is 16.5. The first-order valence-electron chi connectivity index (χ1n) is 7.83. The molecule has 1 unspecified atom stereocenters. The van der Waals surface area contributed by atoms with Crippen molar-refractivity contribution in [2.75, 3.05) is 39.9 Å². The van der Waals surface area contributed by atoms with Gasteiger partial charge in [0, 0.05) is 39.9 Å². The molecular formula is C15H29N3O. The van der Waals surface area contributed by atoms with E-state index in [-0.39, 0.29) is 0 Å². The Labute approximate surface area is 117 Å². The van der Waals surface area contributed by atoms with Gasteiger partial charge in [0.25, 0.3) is 0 Å². The molecule has 0 spiro atoms. The van der Waals surface area contributed by atoms with Crippen molar-refractivity contribution in [1.82, 2.24) is 10.2 Å². The molecule has 2 aliphatic rings. The Morgan fingerprint density at radius 2 is 2.21 bits per heavy atom. The van der Waals surface area contributed by atoms with E-state index in [1.807, 2.05) is 7.05 Å². The highest BCUT2D eigenvalue weighted by molar-refractivity contribution is 5.79. The smallest absolute Gasteiger partial charge is 0.193 e. The predicted molar refractivity (Wildman–Crippen MR) is 79.5 cm³/mol. The second-order valence-corrected chi connectivity index (χ2v) is 6.04. The third kappa shape index (κ3) is 5.39. The Balaban J connectivity index is 1.56. The molecule has 0 radical (unpaired) electrons. The molecular weight excluding hydrogens is 238 g/mol. The fraction of sp³-hybridized carbons (Fsp3) is 0.933. The van der Waals surface area contributed by atoms with Gasteiger partial charge in [-0.2, -0.15) is 0 Å². The maximum atomic E-state index is 5.64. The molecule has 1 atom stereocenters. The van der Waals surface area contributed by atoms with Crippen LogP contribution in [0.2, 0.25) is 0 Å². The maximum Gasteiger partial charge on any atom is 0.193 e. The molecule has 2 fully saturated rings. The number of hydrogen-bond donors (Lipinski definition) is 1. The number of guanidine groups is 1. The summed E-state index contributed by atoms with van der Waals surface area (Å²) in [5, 5.41) is 3.46. The summed E-state index contributed by atoms with van der Waals surface area (Å²) in [7, 11) is 1.88. The topological polar surface area (TPSA) is 36.9 Å². The number of likely N-dealkylation sites (tertiary alicyclic amines) is 1. The minimum absolute atomic E-state index is 0.786. The normalized spacial score (nSPS) is 24.6. The quantitative estimate of drug-likeness (QED) is 0.455. The van der Waals surface area contributed by atoms with Crippen molar-refractivity contribution < 1.29 is 4.74 Å². The van der Waals surface area contributed by atoms with Crippen molar-refractivity contribution in [2.24, 2.45) is 16.8 Å². The largest absolute Gasteiger partial charge is 0.381 e. The van der Waals surface area contributed by atoms with E-state index in [0.29, 0.717) is 0 Å². The Morgan fingerprint density at radius 1 is 1.37 bits per heavy atom. The molecule has 1 saturated carbocycles. The Bertz CT molecular complexity index is 289. The van der Waals surface area contributed by atoms with Crippen LogP contribution in [0, 0.1) is 11.8 Å². The standard InChI is InChI=1S/C15H29N3O/c1-13-5-3-9-18(11-13)15(16-2)17-8-4-10-19-12-14-6-7-14/h13-14H,3-12H2,1-2H3,(H,16,17). The average Bonchev–Trinajstić information content (AvgIpc) is 3.22. The van der Waals surface area contributed by atoms with E-state index >= 15 is 0 Å². The average molecular weight is 267 g/mol. The summed E-state index contributed by atoms with van der Waals surface area (Å²) >= 11 is 0. The first-order valence-corrected chi connectivity index (χ1v) is 7.83. The molecule has 0 bridgehead atoms. The molecule has 0 aromatic carbocycles. The molecule has 19 heavy (non-hydrogen) atoms. The van der Waals surface area contributed by atoms with Gasteiger partial charge in [-0.25, -0.2) is 0 Å². The van der Waals surface area contributed by atoms with Gasteiger partial charge in [0.05, 0.1) is 0 Å². The summed E-state index contributed by atoms with van der Waals surface area (Å²) in [6.07, 6.45) is 6.44. The van der Waals surface area contributed by atoms with Crippen molar-refractivity contribution in [3.63, 3.8) is 0 Å². The zero-order valence-corrected chi connectivity index (χ0v) is 12.5. The summed E-state index contributed by atoms with van der Waals surface area (Å²) in [5.41, 5.74) is 0. The van der Waals surface area contributed by atoms with Crippen molar-refractivity contribution in [3.05, 3.63) is 0 Å². The molecule has 0 aromatic rings. The lowest BCUT2D eigenvalue weighted by atomic mass is 10.0. The molecule has 4 heteroatoms. The van der Waals surface area contributed by atoms with E-state index in [1.165, 1.54) is 25.7 Å². The number of hydrogen-bond acceptors (Lipinski definition) is 2. The predicted octanol–water partition coefficient (Wildman–Crippen LogP) is 2.11. The zero-order chi connectivity index (χ0) is 13.5. The monoisotopic (exact) mass is 267 g/mol. The van der Waals surface area contributed by atoms with Crippen LogP contribution < -0.4 is 5.32 Å². The molecule has 0 amide bonds. The van der Waals surface area contributed by atoms with Gasteiger partial charge in [-0.3, -0.25) is 4.99 Å². The van der Waals surface area contributed by atoms with E-state index in [4.69, 9.17) is 4.74 Å². The zero-order valence-electron chi connectivity index (χ0n) is 12.5. The SMILES string of the molecule is CN=C(NCCCOCC1CC1)N1CCCC(C)C1. The molecule has 1 aliphatic heterocycles. The van der Waals surface area contributed by atoms with Gasteiger partial charge < -0.3 is 15.0 Å². The van der Waals surface area contributed by atoms with E-state index < -0.39 is 0 Å². The van der Waals surface area contributed by atoms with Gasteiger partial charge >= 0.3 is 0 Å². The summed E-state index contributed by atoms with van der Waals surface area (Å²) in [5.74, 6) is 2.72. The fourth-order valence-corrected chi connectivity index (χ4v) is 2.62. The van der Waals surface area contributed by atoms with Crippen LogP contribution in [-0.4, -0.2) is 50.8 Å². The lowest BCUT2D eigenvalue weighted by molar-refractivity contribution is 0.122. The van der Waals surface area contributed by atoms with Gasteiger partial charge in [0.2, 0.25) is 0 Å². The third-order valence-corrected chi connectivity index (χ3v) is 3.97. The van der Waals surface area contributed by atoms with Gasteiger partial charge in [0.1, 0.15) is 0 Å². The van der Waals surface area contributed by atoms with E-state index in [2.05, 4.69) is 22.1 Å². The summed E-state index contributed by atoms with van der Waals surface area (Å²) < 4.78 is 5.64. The lowest BCUT2D eigenvalue weighted by Crippen LogP contribution is -2.46. The molecule has 1 aliphatic carbocycles. The van der Waals surface area contributed by atoms with Crippen LogP contribution in [0.3, 0.4) is 0 Å². The van der Waals surface area contributed by atoms with Crippen molar-refractivity contribution >= 4 is 5.96 Å². The van der Waals surface area contributed by atoms with Crippen LogP contribution in [0.4, 0.5) is 0 Å². The minimum Gasteiger partial charge on any atom is -0.381 e. The van der Waals surface area contributed by atoms with Crippen molar-refractivity contribution in [2.45, 2.75) is 39.0 Å². The van der Waals surface area contributed by atoms with Gasteiger partial charge in [-0.1, -0.05) is 6.92 Å². The van der Waals surface area contributed by atoms with Gasteiger partial charge in [-0.15, -0.1) is 0 Å². The van der Waals surface area contributed by atoms with Crippen molar-refractivity contribution in [3.8, 4) is 0 Å². The summed E-state index contributed by atoms with van der Waals surface area (Å²) in [6, 6.07) is 0. The highest BCUT2D eigenvalue weighted by Gasteiger charge is 2.21. The van der Waals surface area contributed by atoms with Crippen LogP contribution in [0.5, 0.6) is 0 Å². The first-order chi connectivity index (χ1) is 9.29. The number of nitrogens with one attached hydrogen (secondary N) is 1. The molecule has 0 aromatic heterocycles. The number of aliphatic imine (C=N–C) groups is 1. The molecule has 1 heterocycles. The second-order valence-electron chi connectivity index (χ2n) is 6.04. The van der Waals surface area contributed by atoms with Crippen LogP contribution in [0.15, 0.2) is 4.99 Å². The maximum absolute atomic E-state index is 5.64. The van der Waals surface area contributed by atoms with Crippen LogP contribution in [-0.2, 0) is 4.74 Å². The Hall–Kier alpha value is -0.770. The number of piperidine rings is 1. The molecule has 110 valence electrons. The Kier molecular flexibility index (Phi) is 5.95. The summed E-state index contributed by atoms with van der Waals surface area (Å²) in [6.45, 7) is 7.41. The molecule has 2 rings (SSSR count). The van der Waals surface area contributed by atoms with Crippen LogP contribution >= 0.6 is 0 Å². The van der Waals surface area contributed by atoms with E-state index in [1.54, 1.807) is 0 Å². The highest BCUT2D eigenvalue weighted by Crippen LogP contribution is 2.28. The lowest BCUT2D eigenvalue weighted by Gasteiger charge is -2.33. The number of nitrogens with zero attached hydrogens (tertiary/aromatic N) is 2. The second kappa shape index (κ2) is 7.73. The van der Waals surface area contributed by atoms with Gasteiger partial charge in [0.15, 0.2) is 5.96 Å². The van der Waals surface area contributed by atoms with Gasteiger partial charge in [-0.05, 0) is 43.9 Å². The summed E-state index contributed by atoms with van der Waals surface area (Å²) in [4.78, 5) is 6.78. The van der Waals surface area contributed by atoms with Crippen LogP contribution in [0.25, 0.3) is 0 Å². The molecule has 1 N–H and O–H groups in total. The fourth-order valence-electron chi connectivity index (χ4n) is 2.62.